The third kappa shape index (κ3) is 2.96. The SMILES string of the molecule is CC(C)C1(C(=O)Cc2cc(Cl)ccc2Cl)CCNC1. The number of rotatable bonds is 4. The molecule has 0 amide bonds. The van der Waals surface area contributed by atoms with E-state index >= 15 is 0 Å². The highest BCUT2D eigenvalue weighted by molar-refractivity contribution is 6.33. The number of carbonyl (C=O) groups excluding carboxylic acids is 1. The average molecular weight is 300 g/mol. The maximum Gasteiger partial charge on any atom is 0.145 e. The van der Waals surface area contributed by atoms with Crippen molar-refractivity contribution >= 4 is 29.0 Å². The van der Waals surface area contributed by atoms with Crippen LogP contribution in [0.5, 0.6) is 0 Å². The largest absolute Gasteiger partial charge is 0.316 e. The van der Waals surface area contributed by atoms with E-state index in [1.54, 1.807) is 18.2 Å². The van der Waals surface area contributed by atoms with Crippen LogP contribution in [-0.2, 0) is 11.2 Å². The van der Waals surface area contributed by atoms with E-state index in [1.807, 2.05) is 0 Å². The van der Waals surface area contributed by atoms with Gasteiger partial charge >= 0.3 is 0 Å². The van der Waals surface area contributed by atoms with Gasteiger partial charge in [-0.1, -0.05) is 37.0 Å². The zero-order valence-corrected chi connectivity index (χ0v) is 12.8. The molecule has 0 saturated carbocycles. The number of carbonyl (C=O) groups is 1. The fourth-order valence-electron chi connectivity index (χ4n) is 2.79. The molecule has 1 N–H and O–H groups in total. The predicted octanol–water partition coefficient (Wildman–Crippen LogP) is 3.74. The first-order valence-electron chi connectivity index (χ1n) is 6.63. The number of hydrogen-bond acceptors (Lipinski definition) is 2. The molecule has 2 nitrogen and oxygen atoms in total. The average Bonchev–Trinajstić information content (AvgIpc) is 2.84. The van der Waals surface area contributed by atoms with Crippen molar-refractivity contribution in [3.05, 3.63) is 33.8 Å². The molecule has 104 valence electrons. The third-order valence-corrected chi connectivity index (χ3v) is 4.81. The lowest BCUT2D eigenvalue weighted by atomic mass is 9.71. The Morgan fingerprint density at radius 2 is 2.16 bits per heavy atom. The van der Waals surface area contributed by atoms with Crippen LogP contribution in [0.2, 0.25) is 10.0 Å². The molecule has 1 aromatic carbocycles. The monoisotopic (exact) mass is 299 g/mol. The fraction of sp³-hybridized carbons (Fsp3) is 0.533. The van der Waals surface area contributed by atoms with Crippen molar-refractivity contribution in [1.82, 2.24) is 5.32 Å². The second kappa shape index (κ2) is 5.82. The minimum Gasteiger partial charge on any atom is -0.316 e. The van der Waals surface area contributed by atoms with E-state index in [1.165, 1.54) is 0 Å². The van der Waals surface area contributed by atoms with Crippen LogP contribution < -0.4 is 5.32 Å². The normalized spacial score (nSPS) is 23.0. The van der Waals surface area contributed by atoms with Crippen LogP contribution in [0, 0.1) is 11.3 Å². The van der Waals surface area contributed by atoms with Crippen molar-refractivity contribution < 1.29 is 4.79 Å². The number of Topliss-reactive ketones (excluding diaryl/α,β-unsaturated/α-hetero) is 1. The lowest BCUT2D eigenvalue weighted by molar-refractivity contribution is -0.129. The number of nitrogens with one attached hydrogen (secondary N) is 1. The summed E-state index contributed by atoms with van der Waals surface area (Å²) in [6.45, 7) is 5.91. The highest BCUT2D eigenvalue weighted by atomic mass is 35.5. The van der Waals surface area contributed by atoms with Gasteiger partial charge in [0.2, 0.25) is 0 Å². The van der Waals surface area contributed by atoms with E-state index in [0.29, 0.717) is 22.4 Å². The molecule has 1 atom stereocenters. The van der Waals surface area contributed by atoms with Crippen LogP contribution in [0.25, 0.3) is 0 Å². The quantitative estimate of drug-likeness (QED) is 0.917. The standard InChI is InChI=1S/C15H19Cl2NO/c1-10(2)15(5-6-18-9-15)14(19)8-11-7-12(16)3-4-13(11)17/h3-4,7,10,18H,5-6,8-9H2,1-2H3. The van der Waals surface area contributed by atoms with Gasteiger partial charge in [-0.05, 0) is 42.6 Å². The first-order valence-corrected chi connectivity index (χ1v) is 7.39. The molecular formula is C15H19Cl2NO. The highest BCUT2D eigenvalue weighted by Crippen LogP contribution is 2.37. The van der Waals surface area contributed by atoms with Crippen LogP contribution in [0.3, 0.4) is 0 Å². The van der Waals surface area contributed by atoms with Gasteiger partial charge in [0.25, 0.3) is 0 Å². The van der Waals surface area contributed by atoms with E-state index in [9.17, 15) is 4.79 Å². The van der Waals surface area contributed by atoms with Crippen molar-refractivity contribution in [3.8, 4) is 0 Å². The maximum atomic E-state index is 12.7. The van der Waals surface area contributed by atoms with E-state index in [2.05, 4.69) is 19.2 Å². The molecule has 1 aromatic rings. The van der Waals surface area contributed by atoms with E-state index < -0.39 is 0 Å². The summed E-state index contributed by atoms with van der Waals surface area (Å²) in [5.41, 5.74) is 0.567. The molecule has 1 unspecified atom stereocenters. The zero-order valence-electron chi connectivity index (χ0n) is 11.3. The molecule has 0 aliphatic carbocycles. The Balaban J connectivity index is 2.22. The third-order valence-electron chi connectivity index (χ3n) is 4.21. The smallest absolute Gasteiger partial charge is 0.145 e. The Morgan fingerprint density at radius 3 is 2.74 bits per heavy atom. The topological polar surface area (TPSA) is 29.1 Å². The summed E-state index contributed by atoms with van der Waals surface area (Å²) in [4.78, 5) is 12.7. The Morgan fingerprint density at radius 1 is 1.42 bits per heavy atom. The lowest BCUT2D eigenvalue weighted by Gasteiger charge is -2.31. The number of halogens is 2. The Hall–Kier alpha value is -0.570. The summed E-state index contributed by atoms with van der Waals surface area (Å²) < 4.78 is 0. The van der Waals surface area contributed by atoms with E-state index in [-0.39, 0.29) is 11.2 Å². The molecule has 0 radical (unpaired) electrons. The Bertz CT molecular complexity index is 479. The summed E-state index contributed by atoms with van der Waals surface area (Å²) in [5.74, 6) is 0.588. The molecule has 4 heteroatoms. The van der Waals surface area contributed by atoms with Crippen LogP contribution in [0.15, 0.2) is 18.2 Å². The summed E-state index contributed by atoms with van der Waals surface area (Å²) in [5, 5.41) is 4.54. The second-order valence-corrected chi connectivity index (χ2v) is 6.42. The molecular weight excluding hydrogens is 281 g/mol. The fourth-order valence-corrected chi connectivity index (χ4v) is 3.17. The number of hydrogen-bond donors (Lipinski definition) is 1. The van der Waals surface area contributed by atoms with Crippen LogP contribution in [-0.4, -0.2) is 18.9 Å². The molecule has 1 aliphatic heterocycles. The van der Waals surface area contributed by atoms with E-state index in [0.717, 1.165) is 25.1 Å². The van der Waals surface area contributed by atoms with Gasteiger partial charge in [-0.2, -0.15) is 0 Å². The van der Waals surface area contributed by atoms with Gasteiger partial charge in [-0.15, -0.1) is 0 Å². The van der Waals surface area contributed by atoms with Crippen LogP contribution >= 0.6 is 23.2 Å². The first kappa shape index (κ1) is 14.8. The van der Waals surface area contributed by atoms with Crippen LogP contribution in [0.1, 0.15) is 25.8 Å². The maximum absolute atomic E-state index is 12.7. The van der Waals surface area contributed by atoms with Crippen molar-refractivity contribution in [1.29, 1.82) is 0 Å². The molecule has 0 aromatic heterocycles. The second-order valence-electron chi connectivity index (χ2n) is 5.57. The van der Waals surface area contributed by atoms with Gasteiger partial charge in [0, 0.05) is 28.4 Å². The molecule has 0 bridgehead atoms. The van der Waals surface area contributed by atoms with Gasteiger partial charge in [-0.3, -0.25) is 4.79 Å². The van der Waals surface area contributed by atoms with Gasteiger partial charge in [0.05, 0.1) is 0 Å². The van der Waals surface area contributed by atoms with Gasteiger partial charge in [-0.25, -0.2) is 0 Å². The summed E-state index contributed by atoms with van der Waals surface area (Å²) >= 11 is 12.1. The summed E-state index contributed by atoms with van der Waals surface area (Å²) in [6, 6.07) is 5.28. The van der Waals surface area contributed by atoms with Crippen molar-refractivity contribution in [2.75, 3.05) is 13.1 Å². The van der Waals surface area contributed by atoms with Crippen molar-refractivity contribution in [2.24, 2.45) is 11.3 Å². The number of ketones is 1. The summed E-state index contributed by atoms with van der Waals surface area (Å²) in [6.07, 6.45) is 1.26. The van der Waals surface area contributed by atoms with Gasteiger partial charge < -0.3 is 5.32 Å². The molecule has 0 spiro atoms. The van der Waals surface area contributed by atoms with Crippen LogP contribution in [0.4, 0.5) is 0 Å². The Labute approximate surface area is 124 Å². The molecule has 2 rings (SSSR count). The predicted molar refractivity (Wildman–Crippen MR) is 79.9 cm³/mol. The van der Waals surface area contributed by atoms with Crippen molar-refractivity contribution in [3.63, 3.8) is 0 Å². The molecule has 1 heterocycles. The summed E-state index contributed by atoms with van der Waals surface area (Å²) in [7, 11) is 0. The van der Waals surface area contributed by atoms with Gasteiger partial charge in [0.1, 0.15) is 5.78 Å². The number of benzene rings is 1. The van der Waals surface area contributed by atoms with E-state index in [4.69, 9.17) is 23.2 Å². The first-order chi connectivity index (χ1) is 8.95. The molecule has 1 saturated heterocycles. The van der Waals surface area contributed by atoms with Crippen molar-refractivity contribution in [2.45, 2.75) is 26.7 Å². The molecule has 1 fully saturated rings. The molecule has 19 heavy (non-hydrogen) atoms. The lowest BCUT2D eigenvalue weighted by Crippen LogP contribution is -2.39. The van der Waals surface area contributed by atoms with Gasteiger partial charge in [0.15, 0.2) is 0 Å². The highest BCUT2D eigenvalue weighted by Gasteiger charge is 2.43. The zero-order chi connectivity index (χ0) is 14.0. The minimum absolute atomic E-state index is 0.258. The molecule has 1 aliphatic rings. The minimum atomic E-state index is -0.258. The Kier molecular flexibility index (Phi) is 4.54.